The summed E-state index contributed by atoms with van der Waals surface area (Å²) in [5.41, 5.74) is 2.04. The summed E-state index contributed by atoms with van der Waals surface area (Å²) in [6, 6.07) is 11.8. The van der Waals surface area contributed by atoms with Crippen LogP contribution < -0.4 is 4.90 Å². The van der Waals surface area contributed by atoms with Crippen LogP contribution in [-0.2, 0) is 14.8 Å². The van der Waals surface area contributed by atoms with Crippen molar-refractivity contribution in [2.45, 2.75) is 11.8 Å². The van der Waals surface area contributed by atoms with Crippen LogP contribution in [0.5, 0.6) is 0 Å². The molecule has 0 N–H and O–H groups in total. The van der Waals surface area contributed by atoms with Gasteiger partial charge in [-0.3, -0.25) is 4.79 Å². The predicted molar refractivity (Wildman–Crippen MR) is 108 cm³/mol. The van der Waals surface area contributed by atoms with E-state index in [2.05, 4.69) is 15.9 Å². The van der Waals surface area contributed by atoms with E-state index in [0.29, 0.717) is 31.9 Å². The number of sulfonamides is 1. The molecule has 2 aromatic rings. The Balaban J connectivity index is 1.89. The third-order valence-electron chi connectivity index (χ3n) is 4.51. The van der Waals surface area contributed by atoms with E-state index >= 15 is 0 Å². The van der Waals surface area contributed by atoms with Gasteiger partial charge >= 0.3 is 0 Å². The van der Waals surface area contributed by atoms with Crippen molar-refractivity contribution in [1.29, 1.82) is 0 Å². The Hall–Kier alpha value is -1.74. The van der Waals surface area contributed by atoms with Crippen LogP contribution in [0.2, 0.25) is 0 Å². The number of hydrogen-bond acceptors (Lipinski definition) is 4. The molecule has 1 heterocycles. The summed E-state index contributed by atoms with van der Waals surface area (Å²) < 4.78 is 33.2. The molecule has 0 bridgehead atoms. The van der Waals surface area contributed by atoms with Crippen molar-refractivity contribution < 1.29 is 17.9 Å². The summed E-state index contributed by atoms with van der Waals surface area (Å²) in [6.45, 7) is 3.31. The Morgan fingerprint density at radius 2 is 1.85 bits per heavy atom. The van der Waals surface area contributed by atoms with Crippen LogP contribution in [0.1, 0.15) is 15.9 Å². The molecule has 2 aromatic carbocycles. The highest BCUT2D eigenvalue weighted by atomic mass is 79.9. The fourth-order valence-corrected chi connectivity index (χ4v) is 4.95. The zero-order valence-electron chi connectivity index (χ0n) is 15.2. The number of aryl methyl sites for hydroxylation is 1. The van der Waals surface area contributed by atoms with E-state index in [4.69, 9.17) is 4.74 Å². The first kappa shape index (κ1) is 20.0. The van der Waals surface area contributed by atoms with E-state index in [9.17, 15) is 13.2 Å². The summed E-state index contributed by atoms with van der Waals surface area (Å²) in [7, 11) is -1.96. The fourth-order valence-electron chi connectivity index (χ4n) is 3.02. The Morgan fingerprint density at radius 1 is 1.15 bits per heavy atom. The van der Waals surface area contributed by atoms with Crippen LogP contribution in [0.4, 0.5) is 5.69 Å². The van der Waals surface area contributed by atoms with Crippen LogP contribution >= 0.6 is 15.9 Å². The number of ether oxygens (including phenoxy) is 1. The smallest absolute Gasteiger partial charge is 0.258 e. The van der Waals surface area contributed by atoms with E-state index in [0.717, 1.165) is 15.7 Å². The van der Waals surface area contributed by atoms with Gasteiger partial charge in [-0.1, -0.05) is 22.0 Å². The van der Waals surface area contributed by atoms with E-state index in [1.807, 2.05) is 25.1 Å². The van der Waals surface area contributed by atoms with Crippen LogP contribution in [0, 0.1) is 6.92 Å². The highest BCUT2D eigenvalue weighted by Gasteiger charge is 2.27. The van der Waals surface area contributed by atoms with Gasteiger partial charge in [0.15, 0.2) is 0 Å². The standard InChI is InChI=1S/C19H21BrN2O4S/c1-14-12-16(20)6-7-18(14)21(2)19(23)15-4-3-5-17(13-15)27(24,25)22-8-10-26-11-9-22/h3-7,12-13H,8-11H2,1-2H3. The summed E-state index contributed by atoms with van der Waals surface area (Å²) in [5.74, 6) is -0.264. The number of morpholine rings is 1. The van der Waals surface area contributed by atoms with Crippen LogP contribution in [0.25, 0.3) is 0 Å². The van der Waals surface area contributed by atoms with Crippen molar-refractivity contribution >= 4 is 37.5 Å². The number of benzene rings is 2. The van der Waals surface area contributed by atoms with Crippen molar-refractivity contribution in [3.63, 3.8) is 0 Å². The zero-order valence-corrected chi connectivity index (χ0v) is 17.6. The first-order valence-corrected chi connectivity index (χ1v) is 10.8. The second kappa shape index (κ2) is 8.10. The Bertz CT molecular complexity index is 956. The molecule has 3 rings (SSSR count). The second-order valence-corrected chi connectivity index (χ2v) is 9.19. The van der Waals surface area contributed by atoms with Gasteiger partial charge in [0.2, 0.25) is 10.0 Å². The lowest BCUT2D eigenvalue weighted by Crippen LogP contribution is -2.40. The molecule has 0 aliphatic carbocycles. The fraction of sp³-hybridized carbons (Fsp3) is 0.316. The minimum Gasteiger partial charge on any atom is -0.379 e. The van der Waals surface area contributed by atoms with Crippen LogP contribution in [0.15, 0.2) is 51.8 Å². The molecule has 0 unspecified atom stereocenters. The number of carbonyl (C=O) groups excluding carboxylic acids is 1. The normalized spacial score (nSPS) is 15.5. The van der Waals surface area contributed by atoms with Crippen molar-refractivity contribution in [3.8, 4) is 0 Å². The molecule has 0 atom stereocenters. The molecule has 0 aromatic heterocycles. The van der Waals surface area contributed by atoms with Gasteiger partial charge in [0.1, 0.15) is 0 Å². The maximum absolute atomic E-state index is 12.9. The quantitative estimate of drug-likeness (QED) is 0.714. The van der Waals surface area contributed by atoms with Gasteiger partial charge in [0.05, 0.1) is 18.1 Å². The number of amides is 1. The summed E-state index contributed by atoms with van der Waals surface area (Å²) in [4.78, 5) is 14.6. The number of hydrogen-bond donors (Lipinski definition) is 0. The lowest BCUT2D eigenvalue weighted by atomic mass is 10.1. The molecule has 1 amide bonds. The molecule has 0 saturated carbocycles. The Labute approximate surface area is 167 Å². The highest BCUT2D eigenvalue weighted by molar-refractivity contribution is 9.10. The third kappa shape index (κ3) is 4.24. The predicted octanol–water partition coefficient (Wildman–Crippen LogP) is 3.06. The number of rotatable bonds is 4. The largest absolute Gasteiger partial charge is 0.379 e. The highest BCUT2D eigenvalue weighted by Crippen LogP contribution is 2.25. The molecule has 144 valence electrons. The van der Waals surface area contributed by atoms with Gasteiger partial charge in [-0.2, -0.15) is 4.31 Å². The van der Waals surface area contributed by atoms with Crippen molar-refractivity contribution in [2.75, 3.05) is 38.3 Å². The van der Waals surface area contributed by atoms with Crippen LogP contribution in [0.3, 0.4) is 0 Å². The minimum absolute atomic E-state index is 0.121. The molecule has 8 heteroatoms. The molecule has 1 saturated heterocycles. The van der Waals surface area contributed by atoms with Gasteiger partial charge in [-0.25, -0.2) is 8.42 Å². The molecular weight excluding hydrogens is 432 g/mol. The maximum atomic E-state index is 12.9. The van der Waals surface area contributed by atoms with Gasteiger partial charge in [-0.05, 0) is 48.9 Å². The minimum atomic E-state index is -3.65. The van der Waals surface area contributed by atoms with Crippen molar-refractivity contribution in [3.05, 3.63) is 58.1 Å². The lowest BCUT2D eigenvalue weighted by Gasteiger charge is -2.26. The van der Waals surface area contributed by atoms with Crippen LogP contribution in [-0.4, -0.2) is 52.0 Å². The van der Waals surface area contributed by atoms with E-state index in [-0.39, 0.29) is 10.8 Å². The number of halogens is 1. The molecule has 6 nitrogen and oxygen atoms in total. The van der Waals surface area contributed by atoms with Gasteiger partial charge in [0.25, 0.3) is 5.91 Å². The number of anilines is 1. The lowest BCUT2D eigenvalue weighted by molar-refractivity contribution is 0.0730. The summed E-state index contributed by atoms with van der Waals surface area (Å²) in [6.07, 6.45) is 0. The van der Waals surface area contributed by atoms with E-state index in [1.165, 1.54) is 21.3 Å². The Kier molecular flexibility index (Phi) is 6.00. The Morgan fingerprint density at radius 3 is 2.52 bits per heavy atom. The van der Waals surface area contributed by atoms with Gasteiger partial charge in [0, 0.05) is 35.9 Å². The van der Waals surface area contributed by atoms with E-state index < -0.39 is 10.0 Å². The zero-order chi connectivity index (χ0) is 19.6. The number of nitrogens with zero attached hydrogens (tertiary/aromatic N) is 2. The molecule has 0 radical (unpaired) electrons. The SMILES string of the molecule is Cc1cc(Br)ccc1N(C)C(=O)c1cccc(S(=O)(=O)N2CCOCC2)c1. The van der Waals surface area contributed by atoms with Crippen molar-refractivity contribution in [1.82, 2.24) is 4.31 Å². The van der Waals surface area contributed by atoms with Gasteiger partial charge in [-0.15, -0.1) is 0 Å². The molecule has 1 aliphatic heterocycles. The van der Waals surface area contributed by atoms with Crippen molar-refractivity contribution in [2.24, 2.45) is 0 Å². The van der Waals surface area contributed by atoms with Gasteiger partial charge < -0.3 is 9.64 Å². The molecular formula is C19H21BrN2O4S. The molecule has 0 spiro atoms. The first-order chi connectivity index (χ1) is 12.8. The second-order valence-electron chi connectivity index (χ2n) is 6.34. The van der Waals surface area contributed by atoms with E-state index in [1.54, 1.807) is 19.2 Å². The first-order valence-electron chi connectivity index (χ1n) is 8.53. The topological polar surface area (TPSA) is 66.9 Å². The number of carbonyl (C=O) groups is 1. The molecule has 1 fully saturated rings. The summed E-state index contributed by atoms with van der Waals surface area (Å²) >= 11 is 3.41. The third-order valence-corrected chi connectivity index (χ3v) is 6.90. The summed E-state index contributed by atoms with van der Waals surface area (Å²) in [5, 5.41) is 0. The average molecular weight is 453 g/mol. The molecule has 1 aliphatic rings. The monoisotopic (exact) mass is 452 g/mol. The molecule has 27 heavy (non-hydrogen) atoms. The maximum Gasteiger partial charge on any atom is 0.258 e. The average Bonchev–Trinajstić information content (AvgIpc) is 2.67.